The average Bonchev–Trinajstić information content (AvgIpc) is 3.27. The molecule has 2 aromatic rings. The molecule has 1 aromatic carbocycles. The summed E-state index contributed by atoms with van der Waals surface area (Å²) in [6, 6.07) is 7.41. The second-order valence-corrected chi connectivity index (χ2v) is 6.57. The van der Waals surface area contributed by atoms with Crippen molar-refractivity contribution in [2.75, 3.05) is 12.4 Å². The van der Waals surface area contributed by atoms with Crippen LogP contribution in [0.25, 0.3) is 0 Å². The molecule has 26 heavy (non-hydrogen) atoms. The molecule has 1 aromatic heterocycles. The van der Waals surface area contributed by atoms with Gasteiger partial charge in [0.15, 0.2) is 0 Å². The molecule has 1 unspecified atom stereocenters. The molecule has 1 amide bonds. The number of carbonyl (C=O) groups is 1. The number of anilines is 1. The van der Waals surface area contributed by atoms with Crippen molar-refractivity contribution in [3.63, 3.8) is 0 Å². The zero-order valence-electron chi connectivity index (χ0n) is 15.3. The number of hydrogen-bond acceptors (Lipinski definition) is 4. The molecule has 1 saturated carbocycles. The van der Waals surface area contributed by atoms with E-state index in [9.17, 15) is 4.79 Å². The van der Waals surface area contributed by atoms with Crippen LogP contribution >= 0.6 is 12.4 Å². The number of aryl methyl sites for hydroxylation is 1. The molecule has 0 radical (unpaired) electrons. The second-order valence-electron chi connectivity index (χ2n) is 6.57. The number of nitrogens with zero attached hydrogens (tertiary/aromatic N) is 2. The fourth-order valence-electron chi connectivity index (χ4n) is 3.21. The van der Waals surface area contributed by atoms with Gasteiger partial charge >= 0.3 is 0 Å². The van der Waals surface area contributed by atoms with Crippen molar-refractivity contribution in [2.45, 2.75) is 44.4 Å². The molecule has 3 rings (SSSR count). The monoisotopic (exact) mass is 378 g/mol. The number of ether oxygens (including phenoxy) is 1. The van der Waals surface area contributed by atoms with Gasteiger partial charge in [0.25, 0.3) is 0 Å². The molecule has 1 aliphatic carbocycles. The second kappa shape index (κ2) is 9.71. The highest BCUT2D eigenvalue weighted by atomic mass is 35.5. The summed E-state index contributed by atoms with van der Waals surface area (Å²) in [5, 5.41) is 10.1. The lowest BCUT2D eigenvalue weighted by Gasteiger charge is -2.15. The van der Waals surface area contributed by atoms with Crippen molar-refractivity contribution < 1.29 is 9.53 Å². The van der Waals surface area contributed by atoms with E-state index in [2.05, 4.69) is 15.7 Å². The van der Waals surface area contributed by atoms with Gasteiger partial charge in [0, 0.05) is 24.5 Å². The Morgan fingerprint density at radius 1 is 1.31 bits per heavy atom. The maximum absolute atomic E-state index is 12.5. The van der Waals surface area contributed by atoms with E-state index in [0.29, 0.717) is 12.7 Å². The highest BCUT2D eigenvalue weighted by molar-refractivity contribution is 5.95. The lowest BCUT2D eigenvalue weighted by Crippen LogP contribution is -2.30. The Bertz CT molecular complexity index is 696. The normalized spacial score (nSPS) is 15.5. The fraction of sp³-hybridized carbons (Fsp3) is 0.474. The number of carbonyl (C=O) groups excluding carboxylic acids is 1. The van der Waals surface area contributed by atoms with E-state index in [4.69, 9.17) is 4.74 Å². The molecular formula is C19H27ClN4O2. The number of amides is 1. The molecular weight excluding hydrogens is 352 g/mol. The summed E-state index contributed by atoms with van der Waals surface area (Å²) in [7, 11) is 3.60. The lowest BCUT2D eigenvalue weighted by molar-refractivity contribution is -0.118. The molecule has 0 saturated heterocycles. The van der Waals surface area contributed by atoms with Crippen LogP contribution < -0.4 is 10.6 Å². The van der Waals surface area contributed by atoms with E-state index >= 15 is 0 Å². The molecule has 7 heteroatoms. The van der Waals surface area contributed by atoms with Gasteiger partial charge in [0.1, 0.15) is 6.04 Å². The summed E-state index contributed by atoms with van der Waals surface area (Å²) in [6.07, 6.45) is 8.85. The van der Waals surface area contributed by atoms with Crippen LogP contribution in [0, 0.1) is 0 Å². The molecule has 1 aliphatic rings. The quantitative estimate of drug-likeness (QED) is 0.776. The van der Waals surface area contributed by atoms with E-state index < -0.39 is 6.04 Å². The molecule has 1 heterocycles. The highest BCUT2D eigenvalue weighted by Crippen LogP contribution is 2.22. The predicted octanol–water partition coefficient (Wildman–Crippen LogP) is 3.20. The number of hydrogen-bond donors (Lipinski definition) is 2. The Morgan fingerprint density at radius 2 is 2.00 bits per heavy atom. The first-order chi connectivity index (χ1) is 12.2. The maximum Gasteiger partial charge on any atom is 0.246 e. The van der Waals surface area contributed by atoms with Gasteiger partial charge < -0.3 is 15.4 Å². The van der Waals surface area contributed by atoms with Crippen molar-refractivity contribution in [1.82, 2.24) is 15.1 Å². The van der Waals surface area contributed by atoms with Gasteiger partial charge in [-0.25, -0.2) is 0 Å². The minimum Gasteiger partial charge on any atom is -0.374 e. The molecule has 0 aliphatic heterocycles. The third-order valence-electron chi connectivity index (χ3n) is 4.62. The minimum absolute atomic E-state index is 0. The summed E-state index contributed by atoms with van der Waals surface area (Å²) in [4.78, 5) is 12.5. The van der Waals surface area contributed by atoms with E-state index in [0.717, 1.165) is 16.8 Å². The van der Waals surface area contributed by atoms with E-state index in [1.165, 1.54) is 25.7 Å². The Hall–Kier alpha value is -1.89. The first-order valence-electron chi connectivity index (χ1n) is 8.83. The third kappa shape index (κ3) is 5.30. The predicted molar refractivity (Wildman–Crippen MR) is 104 cm³/mol. The molecule has 0 bridgehead atoms. The zero-order valence-corrected chi connectivity index (χ0v) is 16.1. The first-order valence-corrected chi connectivity index (χ1v) is 8.83. The lowest BCUT2D eigenvalue weighted by atomic mass is 10.1. The Kier molecular flexibility index (Phi) is 7.63. The summed E-state index contributed by atoms with van der Waals surface area (Å²) < 4.78 is 7.61. The largest absolute Gasteiger partial charge is 0.374 e. The van der Waals surface area contributed by atoms with Gasteiger partial charge in [-0.3, -0.25) is 9.48 Å². The molecule has 142 valence electrons. The van der Waals surface area contributed by atoms with Crippen LogP contribution in [-0.2, 0) is 23.2 Å². The summed E-state index contributed by atoms with van der Waals surface area (Å²) >= 11 is 0. The van der Waals surface area contributed by atoms with Crippen LogP contribution in [0.4, 0.5) is 5.69 Å². The SMILES string of the molecule is CNC(C(=O)Nc1ccc(COC2CCCC2)cc1)c1cnn(C)c1.Cl. The van der Waals surface area contributed by atoms with Gasteiger partial charge in [0.05, 0.1) is 18.9 Å². The zero-order chi connectivity index (χ0) is 17.6. The molecule has 1 atom stereocenters. The summed E-state index contributed by atoms with van der Waals surface area (Å²) in [5.41, 5.74) is 2.74. The molecule has 6 nitrogen and oxygen atoms in total. The molecule has 0 spiro atoms. The number of nitrogens with one attached hydrogen (secondary N) is 2. The number of likely N-dealkylation sites (N-methyl/N-ethyl adjacent to an activating group) is 1. The van der Waals surface area contributed by atoms with Crippen molar-refractivity contribution in [3.05, 3.63) is 47.8 Å². The van der Waals surface area contributed by atoms with Crippen molar-refractivity contribution >= 4 is 24.0 Å². The van der Waals surface area contributed by atoms with Crippen molar-refractivity contribution in [3.8, 4) is 0 Å². The fourth-order valence-corrected chi connectivity index (χ4v) is 3.21. The standard InChI is InChI=1S/C19H26N4O2.ClH/c1-20-18(15-11-21-23(2)12-15)19(24)22-16-9-7-14(8-10-16)13-25-17-5-3-4-6-17;/h7-12,17-18,20H,3-6,13H2,1-2H3,(H,22,24);1H. The third-order valence-corrected chi connectivity index (χ3v) is 4.62. The van der Waals surface area contributed by atoms with Crippen LogP contribution in [0.15, 0.2) is 36.7 Å². The Labute approximate surface area is 160 Å². The van der Waals surface area contributed by atoms with Gasteiger partial charge in [-0.05, 0) is 37.6 Å². The summed E-state index contributed by atoms with van der Waals surface area (Å²) in [6.45, 7) is 0.633. The maximum atomic E-state index is 12.5. The molecule has 2 N–H and O–H groups in total. The van der Waals surface area contributed by atoms with E-state index in [1.807, 2.05) is 37.5 Å². The summed E-state index contributed by atoms with van der Waals surface area (Å²) in [5.74, 6) is -0.106. The van der Waals surface area contributed by atoms with Crippen LogP contribution in [0.1, 0.15) is 42.9 Å². The van der Waals surface area contributed by atoms with Crippen LogP contribution in [0.3, 0.4) is 0 Å². The van der Waals surface area contributed by atoms with Crippen LogP contribution in [-0.4, -0.2) is 28.8 Å². The Balaban J connectivity index is 0.00000243. The van der Waals surface area contributed by atoms with Gasteiger partial charge in [-0.2, -0.15) is 5.10 Å². The number of rotatable bonds is 7. The Morgan fingerprint density at radius 3 is 2.58 bits per heavy atom. The van der Waals surface area contributed by atoms with Crippen LogP contribution in [0.5, 0.6) is 0 Å². The van der Waals surface area contributed by atoms with E-state index in [1.54, 1.807) is 17.9 Å². The number of halogens is 1. The number of aromatic nitrogens is 2. The van der Waals surface area contributed by atoms with E-state index in [-0.39, 0.29) is 18.3 Å². The van der Waals surface area contributed by atoms with Crippen molar-refractivity contribution in [1.29, 1.82) is 0 Å². The highest BCUT2D eigenvalue weighted by Gasteiger charge is 2.20. The van der Waals surface area contributed by atoms with Gasteiger partial charge in [0.2, 0.25) is 5.91 Å². The van der Waals surface area contributed by atoms with Crippen LogP contribution in [0.2, 0.25) is 0 Å². The van der Waals surface area contributed by atoms with Crippen molar-refractivity contribution in [2.24, 2.45) is 7.05 Å². The average molecular weight is 379 g/mol. The smallest absolute Gasteiger partial charge is 0.246 e. The minimum atomic E-state index is -0.431. The molecule has 1 fully saturated rings. The van der Waals surface area contributed by atoms with Gasteiger partial charge in [-0.15, -0.1) is 12.4 Å². The topological polar surface area (TPSA) is 68.2 Å². The first kappa shape index (κ1) is 20.4. The van der Waals surface area contributed by atoms with Gasteiger partial charge in [-0.1, -0.05) is 25.0 Å². The number of benzene rings is 1.